The van der Waals surface area contributed by atoms with Crippen molar-refractivity contribution in [3.8, 4) is 0 Å². The Morgan fingerprint density at radius 2 is 1.78 bits per heavy atom. The Morgan fingerprint density at radius 1 is 1.12 bits per heavy atom. The minimum atomic E-state index is -1.04. The van der Waals surface area contributed by atoms with E-state index in [0.29, 0.717) is 18.4 Å². The molecule has 0 radical (unpaired) electrons. The predicted molar refractivity (Wildman–Crippen MR) is 122 cm³/mol. The van der Waals surface area contributed by atoms with Crippen LogP contribution in [0.25, 0.3) is 10.9 Å². The highest BCUT2D eigenvalue weighted by atomic mass is 16.6. The number of aromatic nitrogens is 1. The van der Waals surface area contributed by atoms with Gasteiger partial charge in [-0.05, 0) is 45.2 Å². The molecule has 1 aromatic carbocycles. The van der Waals surface area contributed by atoms with E-state index in [0.717, 1.165) is 10.9 Å². The Labute approximate surface area is 188 Å². The average Bonchev–Trinajstić information content (AvgIpc) is 3.02. The Morgan fingerprint density at radius 3 is 2.34 bits per heavy atom. The van der Waals surface area contributed by atoms with Crippen molar-refractivity contribution >= 4 is 35.0 Å². The molecule has 0 aliphatic heterocycles. The van der Waals surface area contributed by atoms with Crippen molar-refractivity contribution in [1.82, 2.24) is 15.2 Å². The number of nitrogens with zero attached hydrogens (tertiary/aromatic N) is 1. The first-order valence-electron chi connectivity index (χ1n) is 10.7. The SMILES string of the molecule is CC(C)C[C@H](NC(=O)c1cc2ccccc2n1C)C(=O)N[C@H](C=O)CC(=O)OC(C)(C)C. The van der Waals surface area contributed by atoms with Gasteiger partial charge in [0.05, 0.1) is 12.5 Å². The molecule has 2 N–H and O–H groups in total. The number of hydrogen-bond acceptors (Lipinski definition) is 5. The first kappa shape index (κ1) is 25.1. The molecule has 1 heterocycles. The maximum atomic E-state index is 13.0. The van der Waals surface area contributed by atoms with Crippen LogP contribution in [-0.2, 0) is 26.2 Å². The van der Waals surface area contributed by atoms with Crippen molar-refractivity contribution in [3.05, 3.63) is 36.0 Å². The third-order valence-corrected chi connectivity index (χ3v) is 4.81. The molecule has 0 aliphatic carbocycles. The zero-order valence-corrected chi connectivity index (χ0v) is 19.6. The summed E-state index contributed by atoms with van der Waals surface area (Å²) in [4.78, 5) is 49.4. The highest BCUT2D eigenvalue weighted by molar-refractivity contribution is 6.01. The van der Waals surface area contributed by atoms with Crippen LogP contribution in [0.1, 0.15) is 57.9 Å². The Bertz CT molecular complexity index is 987. The largest absolute Gasteiger partial charge is 0.460 e. The van der Waals surface area contributed by atoms with Gasteiger partial charge in [0, 0.05) is 18.0 Å². The molecule has 2 rings (SSSR count). The van der Waals surface area contributed by atoms with Gasteiger partial charge in [-0.3, -0.25) is 14.4 Å². The van der Waals surface area contributed by atoms with Crippen molar-refractivity contribution in [3.63, 3.8) is 0 Å². The molecule has 32 heavy (non-hydrogen) atoms. The van der Waals surface area contributed by atoms with Crippen molar-refractivity contribution in [2.24, 2.45) is 13.0 Å². The van der Waals surface area contributed by atoms with Crippen LogP contribution in [0.3, 0.4) is 0 Å². The van der Waals surface area contributed by atoms with Gasteiger partial charge in [0.25, 0.3) is 5.91 Å². The second-order valence-corrected chi connectivity index (χ2v) is 9.34. The number of benzene rings is 1. The number of nitrogens with one attached hydrogen (secondary N) is 2. The summed E-state index contributed by atoms with van der Waals surface area (Å²) in [5.74, 6) is -1.39. The van der Waals surface area contributed by atoms with Crippen LogP contribution in [0.15, 0.2) is 30.3 Å². The summed E-state index contributed by atoms with van der Waals surface area (Å²) < 4.78 is 6.99. The van der Waals surface area contributed by atoms with Gasteiger partial charge in [-0.2, -0.15) is 0 Å². The van der Waals surface area contributed by atoms with Crippen LogP contribution in [0.5, 0.6) is 0 Å². The molecule has 0 aliphatic rings. The van der Waals surface area contributed by atoms with Gasteiger partial charge < -0.3 is 24.7 Å². The highest BCUT2D eigenvalue weighted by Crippen LogP contribution is 2.19. The lowest BCUT2D eigenvalue weighted by atomic mass is 10.0. The van der Waals surface area contributed by atoms with Gasteiger partial charge in [0.15, 0.2) is 0 Å². The topological polar surface area (TPSA) is 107 Å². The fourth-order valence-corrected chi connectivity index (χ4v) is 3.42. The summed E-state index contributed by atoms with van der Waals surface area (Å²) in [6.45, 7) is 9.03. The number of carbonyl (C=O) groups is 4. The minimum Gasteiger partial charge on any atom is -0.460 e. The fraction of sp³-hybridized carbons (Fsp3) is 0.500. The Balaban J connectivity index is 2.13. The molecule has 2 aromatic rings. The smallest absolute Gasteiger partial charge is 0.308 e. The average molecular weight is 444 g/mol. The number of fused-ring (bicyclic) bond motifs is 1. The molecule has 1 aromatic heterocycles. The van der Waals surface area contributed by atoms with Crippen molar-refractivity contribution in [2.75, 3.05) is 0 Å². The second-order valence-electron chi connectivity index (χ2n) is 9.34. The van der Waals surface area contributed by atoms with E-state index in [-0.39, 0.29) is 18.2 Å². The van der Waals surface area contributed by atoms with E-state index < -0.39 is 29.6 Å². The normalized spacial score (nSPS) is 13.5. The number of hydrogen-bond donors (Lipinski definition) is 2. The van der Waals surface area contributed by atoms with Gasteiger partial charge in [0.1, 0.15) is 23.6 Å². The number of esters is 1. The van der Waals surface area contributed by atoms with E-state index in [4.69, 9.17) is 4.74 Å². The van der Waals surface area contributed by atoms with Crippen LogP contribution in [0.4, 0.5) is 0 Å². The number of carbonyl (C=O) groups excluding carboxylic acids is 4. The molecule has 0 bridgehead atoms. The molecule has 174 valence electrons. The molecule has 0 saturated heterocycles. The number of amides is 2. The molecule has 8 nitrogen and oxygen atoms in total. The first-order valence-corrected chi connectivity index (χ1v) is 10.7. The van der Waals surface area contributed by atoms with Crippen LogP contribution in [0, 0.1) is 5.92 Å². The van der Waals surface area contributed by atoms with Crippen LogP contribution >= 0.6 is 0 Å². The lowest BCUT2D eigenvalue weighted by Gasteiger charge is -2.23. The van der Waals surface area contributed by atoms with Gasteiger partial charge in [-0.1, -0.05) is 32.0 Å². The quantitative estimate of drug-likeness (QED) is 0.458. The van der Waals surface area contributed by atoms with Crippen LogP contribution in [0.2, 0.25) is 0 Å². The highest BCUT2D eigenvalue weighted by Gasteiger charge is 2.27. The van der Waals surface area contributed by atoms with E-state index >= 15 is 0 Å². The maximum Gasteiger partial charge on any atom is 0.308 e. The van der Waals surface area contributed by atoms with Crippen LogP contribution < -0.4 is 10.6 Å². The van der Waals surface area contributed by atoms with E-state index in [1.807, 2.05) is 38.1 Å². The van der Waals surface area contributed by atoms with Gasteiger partial charge in [-0.15, -0.1) is 0 Å². The molecule has 0 fully saturated rings. The molecule has 0 saturated carbocycles. The fourth-order valence-electron chi connectivity index (χ4n) is 3.42. The number of para-hydroxylation sites is 1. The van der Waals surface area contributed by atoms with Crippen molar-refractivity contribution < 1.29 is 23.9 Å². The van der Waals surface area contributed by atoms with E-state index in [1.54, 1.807) is 38.5 Å². The Hall–Kier alpha value is -3.16. The summed E-state index contributed by atoms with van der Waals surface area (Å²) >= 11 is 0. The lowest BCUT2D eigenvalue weighted by Crippen LogP contribution is -2.51. The van der Waals surface area contributed by atoms with E-state index in [2.05, 4.69) is 10.6 Å². The Kier molecular flexibility index (Phi) is 8.19. The van der Waals surface area contributed by atoms with E-state index in [9.17, 15) is 19.2 Å². The molecular weight excluding hydrogens is 410 g/mol. The summed E-state index contributed by atoms with van der Waals surface area (Å²) in [5, 5.41) is 6.26. The predicted octanol–water partition coefficient (Wildman–Crippen LogP) is 2.74. The third kappa shape index (κ3) is 6.93. The summed E-state index contributed by atoms with van der Waals surface area (Å²) in [6, 6.07) is 7.48. The van der Waals surface area contributed by atoms with E-state index in [1.165, 1.54) is 0 Å². The summed E-state index contributed by atoms with van der Waals surface area (Å²) in [5.41, 5.74) is 0.635. The zero-order chi connectivity index (χ0) is 24.1. The number of aryl methyl sites for hydroxylation is 1. The number of ether oxygens (including phenoxy) is 1. The molecule has 2 amide bonds. The maximum absolute atomic E-state index is 13.0. The summed E-state index contributed by atoms with van der Waals surface area (Å²) in [6.07, 6.45) is 0.595. The number of aldehydes is 1. The molecule has 0 spiro atoms. The first-order chi connectivity index (χ1) is 14.9. The molecule has 8 heteroatoms. The monoisotopic (exact) mass is 443 g/mol. The second kappa shape index (κ2) is 10.4. The van der Waals surface area contributed by atoms with Gasteiger partial charge >= 0.3 is 5.97 Å². The molecular formula is C24H33N3O5. The third-order valence-electron chi connectivity index (χ3n) is 4.81. The molecule has 2 atom stereocenters. The van der Waals surface area contributed by atoms with Crippen molar-refractivity contribution in [1.29, 1.82) is 0 Å². The molecule has 0 unspecified atom stereocenters. The van der Waals surface area contributed by atoms with Crippen molar-refractivity contribution in [2.45, 2.75) is 65.1 Å². The van der Waals surface area contributed by atoms with Gasteiger partial charge in [0.2, 0.25) is 5.91 Å². The number of rotatable bonds is 9. The standard InChI is InChI=1S/C24H33N3O5/c1-15(2)11-18(22(30)25-17(14-28)13-21(29)32-24(3,4)5)26-23(31)20-12-16-9-7-8-10-19(16)27(20)6/h7-10,12,14-15,17-18H,11,13H2,1-6H3,(H,25,30)(H,26,31)/t17-,18-/m0/s1. The summed E-state index contributed by atoms with van der Waals surface area (Å²) in [7, 11) is 1.79. The van der Waals surface area contributed by atoms with Crippen LogP contribution in [-0.4, -0.2) is 46.3 Å². The lowest BCUT2D eigenvalue weighted by molar-refractivity contribution is -0.156. The minimum absolute atomic E-state index is 0.110. The van der Waals surface area contributed by atoms with Gasteiger partial charge in [-0.25, -0.2) is 0 Å². The zero-order valence-electron chi connectivity index (χ0n) is 19.6.